The Hall–Kier alpha value is -0.200. The van der Waals surface area contributed by atoms with E-state index in [2.05, 4.69) is 5.32 Å². The van der Waals surface area contributed by atoms with Crippen molar-refractivity contribution in [3.05, 3.63) is 0 Å². The molecule has 0 spiro atoms. The lowest BCUT2D eigenvalue weighted by molar-refractivity contribution is -0.0457. The second kappa shape index (κ2) is 6.40. The predicted octanol–water partition coefficient (Wildman–Crippen LogP) is -0.955. The highest BCUT2D eigenvalue weighted by Gasteiger charge is 2.25. The molecule has 92 valence electrons. The van der Waals surface area contributed by atoms with Crippen molar-refractivity contribution in [3.63, 3.8) is 0 Å². The summed E-state index contributed by atoms with van der Waals surface area (Å²) in [7, 11) is 0. The topological polar surface area (TPSA) is 93.0 Å². The Labute approximate surface area is 90.8 Å². The van der Waals surface area contributed by atoms with E-state index >= 15 is 0 Å². The molecule has 0 aromatic heterocycles. The number of hydrogen-bond donors (Lipinski definition) is 5. The van der Waals surface area contributed by atoms with Crippen molar-refractivity contribution < 1.29 is 20.4 Å². The first kappa shape index (κ1) is 14.8. The van der Waals surface area contributed by atoms with Gasteiger partial charge in [0.1, 0.15) is 5.72 Å². The second-order valence-corrected chi connectivity index (χ2v) is 4.23. The minimum Gasteiger partial charge on any atom is -0.396 e. The summed E-state index contributed by atoms with van der Waals surface area (Å²) in [5.74, 6) is -0.381. The van der Waals surface area contributed by atoms with E-state index in [1.54, 1.807) is 13.8 Å². The Morgan fingerprint density at radius 3 is 2.27 bits per heavy atom. The fourth-order valence-corrected chi connectivity index (χ4v) is 1.06. The number of aliphatic hydroxyl groups excluding tert-OH is 3. The molecule has 15 heavy (non-hydrogen) atoms. The molecule has 0 rings (SSSR count). The van der Waals surface area contributed by atoms with E-state index in [1.165, 1.54) is 0 Å². The molecule has 4 unspecified atom stereocenters. The summed E-state index contributed by atoms with van der Waals surface area (Å²) in [5.41, 5.74) is -1.04. The van der Waals surface area contributed by atoms with E-state index in [4.69, 9.17) is 5.11 Å². The minimum absolute atomic E-state index is 0.0896. The van der Waals surface area contributed by atoms with Crippen LogP contribution < -0.4 is 5.32 Å². The van der Waals surface area contributed by atoms with Crippen LogP contribution in [0.3, 0.4) is 0 Å². The van der Waals surface area contributed by atoms with Crippen LogP contribution in [-0.2, 0) is 0 Å². The van der Waals surface area contributed by atoms with Crippen LogP contribution in [0, 0.1) is 5.92 Å². The Morgan fingerprint density at radius 1 is 1.33 bits per heavy atom. The van der Waals surface area contributed by atoms with Gasteiger partial charge in [0.05, 0.1) is 12.2 Å². The molecule has 0 radical (unpaired) electrons. The SMILES string of the molecule is CCC(C)(O)NCC(O)C(O)C(C)CO. The van der Waals surface area contributed by atoms with Crippen molar-refractivity contribution in [2.45, 2.75) is 45.1 Å². The van der Waals surface area contributed by atoms with Gasteiger partial charge in [0, 0.05) is 19.1 Å². The van der Waals surface area contributed by atoms with Gasteiger partial charge in [-0.2, -0.15) is 0 Å². The van der Waals surface area contributed by atoms with Crippen LogP contribution in [0.4, 0.5) is 0 Å². The highest BCUT2D eigenvalue weighted by molar-refractivity contribution is 4.77. The monoisotopic (exact) mass is 221 g/mol. The van der Waals surface area contributed by atoms with Gasteiger partial charge in [-0.3, -0.25) is 5.32 Å². The van der Waals surface area contributed by atoms with Crippen molar-refractivity contribution in [2.24, 2.45) is 5.92 Å². The molecule has 0 aliphatic heterocycles. The molecule has 0 bridgehead atoms. The van der Waals surface area contributed by atoms with Gasteiger partial charge in [-0.05, 0) is 13.3 Å². The highest BCUT2D eigenvalue weighted by Crippen LogP contribution is 2.08. The molecule has 5 N–H and O–H groups in total. The third kappa shape index (κ3) is 5.44. The highest BCUT2D eigenvalue weighted by atomic mass is 16.3. The lowest BCUT2D eigenvalue weighted by Crippen LogP contribution is -2.49. The van der Waals surface area contributed by atoms with Gasteiger partial charge in [0.15, 0.2) is 0 Å². The standard InChI is InChI=1S/C10H23NO4/c1-4-10(3,15)11-5-8(13)9(14)7(2)6-12/h7-9,11-15H,4-6H2,1-3H3. The summed E-state index contributed by atoms with van der Waals surface area (Å²) in [6.07, 6.45) is -1.48. The van der Waals surface area contributed by atoms with Crippen LogP contribution in [0.25, 0.3) is 0 Å². The minimum atomic E-state index is -1.04. The van der Waals surface area contributed by atoms with Crippen molar-refractivity contribution >= 4 is 0 Å². The van der Waals surface area contributed by atoms with Crippen LogP contribution in [0.15, 0.2) is 0 Å². The van der Waals surface area contributed by atoms with Gasteiger partial charge in [-0.15, -0.1) is 0 Å². The molecule has 0 heterocycles. The molecule has 0 aromatic carbocycles. The molecular weight excluding hydrogens is 198 g/mol. The first-order valence-electron chi connectivity index (χ1n) is 5.28. The molecular formula is C10H23NO4. The van der Waals surface area contributed by atoms with E-state index in [-0.39, 0.29) is 19.1 Å². The summed E-state index contributed by atoms with van der Waals surface area (Å²) in [5, 5.41) is 40.2. The zero-order valence-corrected chi connectivity index (χ0v) is 9.64. The quantitative estimate of drug-likeness (QED) is 0.357. The summed E-state index contributed by atoms with van der Waals surface area (Å²) in [4.78, 5) is 0. The van der Waals surface area contributed by atoms with E-state index in [9.17, 15) is 15.3 Å². The predicted molar refractivity (Wildman–Crippen MR) is 57.2 cm³/mol. The molecule has 0 aromatic rings. The first-order valence-corrected chi connectivity index (χ1v) is 5.28. The largest absolute Gasteiger partial charge is 0.396 e. The van der Waals surface area contributed by atoms with Gasteiger partial charge < -0.3 is 20.4 Å². The fourth-order valence-electron chi connectivity index (χ4n) is 1.06. The van der Waals surface area contributed by atoms with Gasteiger partial charge in [-0.25, -0.2) is 0 Å². The fraction of sp³-hybridized carbons (Fsp3) is 1.00. The summed E-state index contributed by atoms with van der Waals surface area (Å²) >= 11 is 0. The Balaban J connectivity index is 3.98. The number of hydrogen-bond acceptors (Lipinski definition) is 5. The summed E-state index contributed by atoms with van der Waals surface area (Å²) in [6, 6.07) is 0. The van der Waals surface area contributed by atoms with Gasteiger partial charge in [-0.1, -0.05) is 13.8 Å². The molecule has 0 saturated carbocycles. The Morgan fingerprint density at radius 2 is 1.87 bits per heavy atom. The maximum Gasteiger partial charge on any atom is 0.113 e. The van der Waals surface area contributed by atoms with E-state index in [0.717, 1.165) is 0 Å². The number of aliphatic hydroxyl groups is 4. The molecule has 0 aliphatic carbocycles. The average molecular weight is 221 g/mol. The van der Waals surface area contributed by atoms with Crippen molar-refractivity contribution in [1.29, 1.82) is 0 Å². The molecule has 5 heteroatoms. The molecule has 0 fully saturated rings. The van der Waals surface area contributed by atoms with Crippen LogP contribution in [0.1, 0.15) is 27.2 Å². The van der Waals surface area contributed by atoms with E-state index in [0.29, 0.717) is 6.42 Å². The normalized spacial score (nSPS) is 21.8. The lowest BCUT2D eigenvalue weighted by Gasteiger charge is -2.28. The van der Waals surface area contributed by atoms with Crippen LogP contribution in [0.2, 0.25) is 0 Å². The molecule has 4 atom stereocenters. The third-order valence-electron chi connectivity index (χ3n) is 2.65. The number of rotatable bonds is 7. The molecule has 5 nitrogen and oxygen atoms in total. The lowest BCUT2D eigenvalue weighted by atomic mass is 10.0. The van der Waals surface area contributed by atoms with Gasteiger partial charge >= 0.3 is 0 Å². The second-order valence-electron chi connectivity index (χ2n) is 4.23. The third-order valence-corrected chi connectivity index (χ3v) is 2.65. The van der Waals surface area contributed by atoms with Crippen molar-refractivity contribution in [3.8, 4) is 0 Å². The average Bonchev–Trinajstić information content (AvgIpc) is 2.23. The van der Waals surface area contributed by atoms with Crippen molar-refractivity contribution in [2.75, 3.05) is 13.2 Å². The summed E-state index contributed by atoms with van der Waals surface area (Å²) in [6.45, 7) is 4.97. The van der Waals surface area contributed by atoms with Crippen LogP contribution in [0.5, 0.6) is 0 Å². The Kier molecular flexibility index (Phi) is 6.31. The maximum absolute atomic E-state index is 9.60. The zero-order valence-electron chi connectivity index (χ0n) is 9.64. The van der Waals surface area contributed by atoms with Crippen LogP contribution in [-0.4, -0.2) is 51.5 Å². The first-order chi connectivity index (χ1) is 6.84. The van der Waals surface area contributed by atoms with Crippen LogP contribution >= 0.6 is 0 Å². The number of nitrogens with one attached hydrogen (secondary N) is 1. The van der Waals surface area contributed by atoms with Gasteiger partial charge in [0.25, 0.3) is 0 Å². The molecule has 0 saturated heterocycles. The summed E-state index contributed by atoms with van der Waals surface area (Å²) < 4.78 is 0. The maximum atomic E-state index is 9.60. The van der Waals surface area contributed by atoms with E-state index < -0.39 is 17.9 Å². The van der Waals surface area contributed by atoms with E-state index in [1.807, 2.05) is 6.92 Å². The van der Waals surface area contributed by atoms with Crippen molar-refractivity contribution in [1.82, 2.24) is 5.32 Å². The smallest absolute Gasteiger partial charge is 0.113 e. The Bertz CT molecular complexity index is 175. The zero-order chi connectivity index (χ0) is 12.1. The molecule has 0 aliphatic rings. The molecule has 0 amide bonds. The van der Waals surface area contributed by atoms with Gasteiger partial charge in [0.2, 0.25) is 0 Å².